The number of carbonyl (C=O) groups excluding carboxylic acids is 1. The Hall–Kier alpha value is -0.610. The van der Waals surface area contributed by atoms with Gasteiger partial charge in [0.05, 0.1) is 12.7 Å². The summed E-state index contributed by atoms with van der Waals surface area (Å²) in [5, 5.41) is 0. The average molecular weight is 227 g/mol. The third kappa shape index (κ3) is 3.46. The minimum absolute atomic E-state index is 0.0380. The van der Waals surface area contributed by atoms with Gasteiger partial charge in [0.2, 0.25) is 0 Å². The van der Waals surface area contributed by atoms with Crippen LogP contribution >= 0.6 is 0 Å². The van der Waals surface area contributed by atoms with Crippen molar-refractivity contribution >= 4 is 5.97 Å². The molecule has 2 N–H and O–H groups in total. The maximum absolute atomic E-state index is 11.4. The van der Waals surface area contributed by atoms with Gasteiger partial charge in [0.15, 0.2) is 0 Å². The zero-order valence-corrected chi connectivity index (χ0v) is 9.85. The maximum atomic E-state index is 11.4. The molecule has 2 rings (SSSR count). The van der Waals surface area contributed by atoms with Gasteiger partial charge in [0.1, 0.15) is 6.04 Å². The second kappa shape index (κ2) is 5.15. The molecule has 4 nitrogen and oxygen atoms in total. The van der Waals surface area contributed by atoms with Crippen molar-refractivity contribution in [3.8, 4) is 0 Å². The summed E-state index contributed by atoms with van der Waals surface area (Å²) in [7, 11) is 0. The number of nitrogens with two attached hydrogens (primary N) is 1. The van der Waals surface area contributed by atoms with Crippen LogP contribution in [-0.4, -0.2) is 31.3 Å². The lowest BCUT2D eigenvalue weighted by atomic mass is 9.97. The molecule has 92 valence electrons. The van der Waals surface area contributed by atoms with Crippen LogP contribution in [0.1, 0.15) is 32.6 Å². The van der Waals surface area contributed by atoms with E-state index in [1.807, 2.05) is 6.92 Å². The maximum Gasteiger partial charge on any atom is 0.325 e. The second-order valence-corrected chi connectivity index (χ2v) is 5.17. The third-order valence-electron chi connectivity index (χ3n) is 3.30. The molecule has 1 saturated carbocycles. The lowest BCUT2D eigenvalue weighted by Crippen LogP contribution is -2.37. The Morgan fingerprint density at radius 2 is 2.06 bits per heavy atom. The molecule has 1 heterocycles. The van der Waals surface area contributed by atoms with Crippen LogP contribution in [0.15, 0.2) is 0 Å². The first-order chi connectivity index (χ1) is 7.65. The van der Waals surface area contributed by atoms with Crippen molar-refractivity contribution < 1.29 is 14.3 Å². The highest BCUT2D eigenvalue weighted by atomic mass is 16.5. The smallest absolute Gasteiger partial charge is 0.325 e. The standard InChI is InChI=1S/C12H21NO3/c1-8-4-10(5-9-2-3-9)6-15-7-11(13)12(14)16-8/h8-11H,2-7,13H2,1H3/t8?,10?,11-/m0/s1. The fraction of sp³-hybridized carbons (Fsp3) is 0.917. The molecule has 2 unspecified atom stereocenters. The molecule has 0 aromatic heterocycles. The third-order valence-corrected chi connectivity index (χ3v) is 3.30. The van der Waals surface area contributed by atoms with Gasteiger partial charge < -0.3 is 15.2 Å². The van der Waals surface area contributed by atoms with Crippen LogP contribution < -0.4 is 5.73 Å². The Morgan fingerprint density at radius 1 is 1.31 bits per heavy atom. The van der Waals surface area contributed by atoms with Crippen molar-refractivity contribution in [3.63, 3.8) is 0 Å². The lowest BCUT2D eigenvalue weighted by molar-refractivity contribution is -0.150. The van der Waals surface area contributed by atoms with Crippen LogP contribution in [0.4, 0.5) is 0 Å². The lowest BCUT2D eigenvalue weighted by Gasteiger charge is -2.19. The van der Waals surface area contributed by atoms with Crippen LogP contribution in [0.3, 0.4) is 0 Å². The van der Waals surface area contributed by atoms with E-state index >= 15 is 0 Å². The first kappa shape index (κ1) is 11.9. The molecule has 16 heavy (non-hydrogen) atoms. The number of carbonyl (C=O) groups is 1. The minimum atomic E-state index is -0.623. The Bertz CT molecular complexity index is 253. The van der Waals surface area contributed by atoms with Crippen LogP contribution in [-0.2, 0) is 14.3 Å². The molecule has 0 amide bonds. The first-order valence-corrected chi connectivity index (χ1v) is 6.19. The molecule has 0 aromatic rings. The van der Waals surface area contributed by atoms with Gasteiger partial charge in [-0.25, -0.2) is 0 Å². The molecular formula is C12H21NO3. The van der Waals surface area contributed by atoms with Crippen molar-refractivity contribution in [1.29, 1.82) is 0 Å². The largest absolute Gasteiger partial charge is 0.461 e. The van der Waals surface area contributed by atoms with E-state index in [0.717, 1.165) is 12.3 Å². The van der Waals surface area contributed by atoms with E-state index in [0.29, 0.717) is 12.5 Å². The van der Waals surface area contributed by atoms with E-state index in [9.17, 15) is 4.79 Å². The van der Waals surface area contributed by atoms with Crippen LogP contribution in [0.25, 0.3) is 0 Å². The SMILES string of the molecule is CC1CC(CC2CC2)COC[C@H](N)C(=O)O1. The summed E-state index contributed by atoms with van der Waals surface area (Å²) >= 11 is 0. The summed E-state index contributed by atoms with van der Waals surface area (Å²) < 4.78 is 10.8. The first-order valence-electron chi connectivity index (χ1n) is 6.19. The predicted molar refractivity (Wildman–Crippen MR) is 59.8 cm³/mol. The van der Waals surface area contributed by atoms with Gasteiger partial charge in [0.25, 0.3) is 0 Å². The van der Waals surface area contributed by atoms with Gasteiger partial charge in [0, 0.05) is 6.61 Å². The van der Waals surface area contributed by atoms with Crippen molar-refractivity contribution in [2.45, 2.75) is 44.8 Å². The van der Waals surface area contributed by atoms with Crippen molar-refractivity contribution in [2.24, 2.45) is 17.6 Å². The molecule has 2 aliphatic rings. The summed E-state index contributed by atoms with van der Waals surface area (Å²) in [6.07, 6.45) is 4.77. The number of esters is 1. The van der Waals surface area contributed by atoms with E-state index in [1.54, 1.807) is 0 Å². The highest BCUT2D eigenvalue weighted by Crippen LogP contribution is 2.36. The fourth-order valence-electron chi connectivity index (χ4n) is 2.29. The molecular weight excluding hydrogens is 206 g/mol. The van der Waals surface area contributed by atoms with Crippen LogP contribution in [0.2, 0.25) is 0 Å². The number of rotatable bonds is 2. The predicted octanol–water partition coefficient (Wildman–Crippen LogP) is 1.08. The Balaban J connectivity index is 1.88. The van der Waals surface area contributed by atoms with E-state index in [2.05, 4.69) is 0 Å². The second-order valence-electron chi connectivity index (χ2n) is 5.17. The van der Waals surface area contributed by atoms with E-state index < -0.39 is 6.04 Å². The molecule has 0 spiro atoms. The van der Waals surface area contributed by atoms with Crippen LogP contribution in [0, 0.1) is 11.8 Å². The van der Waals surface area contributed by atoms with Gasteiger partial charge >= 0.3 is 5.97 Å². The highest BCUT2D eigenvalue weighted by molar-refractivity contribution is 5.75. The highest BCUT2D eigenvalue weighted by Gasteiger charge is 2.29. The van der Waals surface area contributed by atoms with Gasteiger partial charge in [-0.05, 0) is 31.6 Å². The molecule has 2 fully saturated rings. The van der Waals surface area contributed by atoms with Gasteiger partial charge in [-0.1, -0.05) is 12.8 Å². The number of ether oxygens (including phenoxy) is 2. The Kier molecular flexibility index (Phi) is 3.82. The van der Waals surface area contributed by atoms with Crippen molar-refractivity contribution in [3.05, 3.63) is 0 Å². The number of hydrogen-bond acceptors (Lipinski definition) is 4. The molecule has 0 bridgehead atoms. The zero-order chi connectivity index (χ0) is 11.5. The average Bonchev–Trinajstić information content (AvgIpc) is 2.99. The molecule has 0 aromatic carbocycles. The molecule has 3 atom stereocenters. The summed E-state index contributed by atoms with van der Waals surface area (Å²) in [6.45, 7) is 2.94. The normalized spacial score (nSPS) is 37.1. The number of cyclic esters (lactones) is 1. The number of hydrogen-bond donors (Lipinski definition) is 1. The summed E-state index contributed by atoms with van der Waals surface area (Å²) in [4.78, 5) is 11.4. The van der Waals surface area contributed by atoms with E-state index in [1.165, 1.54) is 19.3 Å². The Morgan fingerprint density at radius 3 is 2.75 bits per heavy atom. The van der Waals surface area contributed by atoms with Crippen LogP contribution in [0.5, 0.6) is 0 Å². The zero-order valence-electron chi connectivity index (χ0n) is 9.85. The fourth-order valence-corrected chi connectivity index (χ4v) is 2.29. The van der Waals surface area contributed by atoms with Gasteiger partial charge in [-0.2, -0.15) is 0 Å². The summed E-state index contributed by atoms with van der Waals surface area (Å²) in [6, 6.07) is -0.623. The van der Waals surface area contributed by atoms with Crippen molar-refractivity contribution in [2.75, 3.05) is 13.2 Å². The topological polar surface area (TPSA) is 61.5 Å². The molecule has 1 aliphatic carbocycles. The molecule has 1 saturated heterocycles. The van der Waals surface area contributed by atoms with E-state index in [-0.39, 0.29) is 18.7 Å². The Labute approximate surface area is 96.5 Å². The minimum Gasteiger partial charge on any atom is -0.461 e. The quantitative estimate of drug-likeness (QED) is 0.717. The van der Waals surface area contributed by atoms with E-state index in [4.69, 9.17) is 15.2 Å². The van der Waals surface area contributed by atoms with Crippen molar-refractivity contribution in [1.82, 2.24) is 0 Å². The summed E-state index contributed by atoms with van der Waals surface area (Å²) in [5.74, 6) is 1.06. The summed E-state index contributed by atoms with van der Waals surface area (Å²) in [5.41, 5.74) is 5.64. The molecule has 0 radical (unpaired) electrons. The van der Waals surface area contributed by atoms with Gasteiger partial charge in [-0.15, -0.1) is 0 Å². The monoisotopic (exact) mass is 227 g/mol. The molecule has 1 aliphatic heterocycles. The molecule has 4 heteroatoms. The van der Waals surface area contributed by atoms with Gasteiger partial charge in [-0.3, -0.25) is 4.79 Å².